The Balaban J connectivity index is 1.75. The van der Waals surface area contributed by atoms with E-state index < -0.39 is 12.0 Å². The number of aromatic nitrogens is 5. The Hall–Kier alpha value is -3.04. The Morgan fingerprint density at radius 1 is 1.30 bits per heavy atom. The van der Waals surface area contributed by atoms with Crippen molar-refractivity contribution in [2.24, 2.45) is 0 Å². The van der Waals surface area contributed by atoms with E-state index in [0.29, 0.717) is 13.1 Å². The minimum absolute atomic E-state index is 0.0433. The topological polar surface area (TPSA) is 135 Å². The van der Waals surface area contributed by atoms with Crippen LogP contribution in [0.5, 0.6) is 0 Å². The smallest absolute Gasteiger partial charge is 0.356 e. The molecule has 2 aromatic heterocycles. The number of aromatic carboxylic acids is 1. The first-order valence-corrected chi connectivity index (χ1v) is 5.59. The normalized spacial score (nSPS) is 10.0. The van der Waals surface area contributed by atoms with Gasteiger partial charge in [-0.3, -0.25) is 5.32 Å². The fourth-order valence-corrected chi connectivity index (χ4v) is 1.34. The van der Waals surface area contributed by atoms with Gasteiger partial charge in [-0.25, -0.2) is 19.6 Å². The van der Waals surface area contributed by atoms with Crippen LogP contribution in [0, 0.1) is 0 Å². The third-order valence-electron chi connectivity index (χ3n) is 2.22. The molecule has 2 amide bonds. The standard InChI is InChI=1S/C10H11N7O3/c18-8(19)7-5-17(6-13-7)4-3-12-10(20)15-9-11-1-2-14-16-9/h1-2,5-6H,3-4H2,(H,18,19)(H2,11,12,15,16,20). The van der Waals surface area contributed by atoms with Crippen molar-refractivity contribution < 1.29 is 14.7 Å². The highest BCUT2D eigenvalue weighted by molar-refractivity contribution is 5.87. The van der Waals surface area contributed by atoms with E-state index in [1.807, 2.05) is 0 Å². The van der Waals surface area contributed by atoms with Crippen LogP contribution >= 0.6 is 0 Å². The van der Waals surface area contributed by atoms with Crippen molar-refractivity contribution in [2.45, 2.75) is 6.54 Å². The highest BCUT2D eigenvalue weighted by atomic mass is 16.4. The Labute approximate surface area is 112 Å². The maximum Gasteiger partial charge on any atom is 0.356 e. The van der Waals surface area contributed by atoms with Crippen LogP contribution in [0.3, 0.4) is 0 Å². The lowest BCUT2D eigenvalue weighted by Crippen LogP contribution is -2.32. The van der Waals surface area contributed by atoms with Crippen LogP contribution in [0.2, 0.25) is 0 Å². The zero-order valence-corrected chi connectivity index (χ0v) is 10.2. The van der Waals surface area contributed by atoms with Gasteiger partial charge in [0.15, 0.2) is 5.69 Å². The molecule has 0 aromatic carbocycles. The van der Waals surface area contributed by atoms with Crippen molar-refractivity contribution in [1.29, 1.82) is 0 Å². The molecule has 0 spiro atoms. The molecule has 0 saturated carbocycles. The average Bonchev–Trinajstić information content (AvgIpc) is 2.89. The van der Waals surface area contributed by atoms with Crippen molar-refractivity contribution in [3.8, 4) is 0 Å². The Morgan fingerprint density at radius 2 is 2.15 bits per heavy atom. The largest absolute Gasteiger partial charge is 0.476 e. The number of carboxylic acid groups (broad SMARTS) is 1. The summed E-state index contributed by atoms with van der Waals surface area (Å²) in [6.45, 7) is 0.684. The molecule has 3 N–H and O–H groups in total. The number of hydrogen-bond donors (Lipinski definition) is 3. The molecule has 0 atom stereocenters. The second kappa shape index (κ2) is 6.22. The fourth-order valence-electron chi connectivity index (χ4n) is 1.34. The lowest BCUT2D eigenvalue weighted by atomic mass is 10.5. The van der Waals surface area contributed by atoms with Gasteiger partial charge in [0.25, 0.3) is 5.95 Å². The molecular formula is C10H11N7O3. The number of rotatable bonds is 5. The number of imidazole rings is 1. The number of anilines is 1. The third kappa shape index (κ3) is 3.73. The first-order valence-electron chi connectivity index (χ1n) is 5.59. The maximum absolute atomic E-state index is 11.5. The molecule has 0 unspecified atom stereocenters. The van der Waals surface area contributed by atoms with E-state index in [1.54, 1.807) is 4.57 Å². The number of urea groups is 1. The summed E-state index contributed by atoms with van der Waals surface area (Å²) >= 11 is 0. The van der Waals surface area contributed by atoms with Crippen molar-refractivity contribution in [3.05, 3.63) is 30.6 Å². The summed E-state index contributed by atoms with van der Waals surface area (Å²) in [6, 6.07) is -0.475. The third-order valence-corrected chi connectivity index (χ3v) is 2.22. The summed E-state index contributed by atoms with van der Waals surface area (Å²) in [4.78, 5) is 29.6. The summed E-state index contributed by atoms with van der Waals surface area (Å²) < 4.78 is 1.56. The van der Waals surface area contributed by atoms with Gasteiger partial charge in [-0.05, 0) is 0 Å². The predicted octanol–water partition coefficient (Wildman–Crippen LogP) is -0.412. The molecule has 2 rings (SSSR count). The molecule has 20 heavy (non-hydrogen) atoms. The number of nitrogens with zero attached hydrogens (tertiary/aromatic N) is 5. The monoisotopic (exact) mass is 277 g/mol. The highest BCUT2D eigenvalue weighted by Crippen LogP contribution is 1.95. The van der Waals surface area contributed by atoms with Gasteiger partial charge >= 0.3 is 12.0 Å². The average molecular weight is 277 g/mol. The minimum Gasteiger partial charge on any atom is -0.476 e. The molecule has 0 saturated heterocycles. The second-order valence-electron chi connectivity index (χ2n) is 3.65. The lowest BCUT2D eigenvalue weighted by Gasteiger charge is -2.05. The summed E-state index contributed by atoms with van der Waals surface area (Å²) in [5.74, 6) is -0.996. The molecular weight excluding hydrogens is 266 g/mol. The number of carboxylic acids is 1. The van der Waals surface area contributed by atoms with Crippen molar-refractivity contribution in [1.82, 2.24) is 30.0 Å². The molecule has 10 nitrogen and oxygen atoms in total. The highest BCUT2D eigenvalue weighted by Gasteiger charge is 2.07. The van der Waals surface area contributed by atoms with E-state index in [1.165, 1.54) is 24.9 Å². The van der Waals surface area contributed by atoms with Crippen LogP contribution in [0.25, 0.3) is 0 Å². The Bertz CT molecular complexity index is 598. The first-order chi connectivity index (χ1) is 9.65. The van der Waals surface area contributed by atoms with Gasteiger partial charge in [0.1, 0.15) is 0 Å². The fraction of sp³-hybridized carbons (Fsp3) is 0.200. The maximum atomic E-state index is 11.5. The van der Waals surface area contributed by atoms with E-state index in [9.17, 15) is 9.59 Å². The SMILES string of the molecule is O=C(NCCn1cnc(C(=O)O)c1)Nc1nccnn1. The molecule has 2 aromatic rings. The van der Waals surface area contributed by atoms with Crippen LogP contribution in [0.1, 0.15) is 10.5 Å². The van der Waals surface area contributed by atoms with Crippen LogP contribution in [0.4, 0.5) is 10.7 Å². The van der Waals surface area contributed by atoms with E-state index in [4.69, 9.17) is 5.11 Å². The number of amides is 2. The Morgan fingerprint density at radius 3 is 2.80 bits per heavy atom. The summed E-state index contributed by atoms with van der Waals surface area (Å²) in [5.41, 5.74) is -0.0433. The van der Waals surface area contributed by atoms with Gasteiger partial charge < -0.3 is 15.0 Å². The molecule has 0 aliphatic carbocycles. The lowest BCUT2D eigenvalue weighted by molar-refractivity contribution is 0.0691. The van der Waals surface area contributed by atoms with E-state index in [0.717, 1.165) is 0 Å². The second-order valence-corrected chi connectivity index (χ2v) is 3.65. The van der Waals surface area contributed by atoms with Crippen LogP contribution in [-0.2, 0) is 6.54 Å². The Kier molecular flexibility index (Phi) is 4.17. The summed E-state index contributed by atoms with van der Waals surface area (Å²) in [6.07, 6.45) is 5.56. The summed E-state index contributed by atoms with van der Waals surface area (Å²) in [7, 11) is 0. The first kappa shape index (κ1) is 13.4. The van der Waals surface area contributed by atoms with Crippen molar-refractivity contribution >= 4 is 17.9 Å². The quantitative estimate of drug-likeness (QED) is 0.675. The van der Waals surface area contributed by atoms with E-state index in [-0.39, 0.29) is 11.6 Å². The number of carbonyl (C=O) groups is 2. The minimum atomic E-state index is -1.09. The predicted molar refractivity (Wildman–Crippen MR) is 66.0 cm³/mol. The molecule has 0 aliphatic heterocycles. The number of hydrogen-bond acceptors (Lipinski definition) is 6. The molecule has 0 radical (unpaired) electrons. The number of carbonyl (C=O) groups excluding carboxylic acids is 1. The van der Waals surface area contributed by atoms with Gasteiger partial charge in [-0.1, -0.05) is 0 Å². The van der Waals surface area contributed by atoms with Crippen LogP contribution < -0.4 is 10.6 Å². The molecule has 0 fully saturated rings. The molecule has 0 bridgehead atoms. The van der Waals surface area contributed by atoms with E-state index >= 15 is 0 Å². The molecule has 10 heteroatoms. The van der Waals surface area contributed by atoms with E-state index in [2.05, 4.69) is 30.8 Å². The van der Waals surface area contributed by atoms with Gasteiger partial charge in [0, 0.05) is 19.3 Å². The summed E-state index contributed by atoms with van der Waals surface area (Å²) in [5, 5.41) is 20.8. The number of nitrogens with one attached hydrogen (secondary N) is 2. The van der Waals surface area contributed by atoms with Crippen LogP contribution in [-0.4, -0.2) is 48.4 Å². The zero-order chi connectivity index (χ0) is 14.4. The van der Waals surface area contributed by atoms with Gasteiger partial charge in [0.2, 0.25) is 0 Å². The molecule has 104 valence electrons. The van der Waals surface area contributed by atoms with Crippen LogP contribution in [0.15, 0.2) is 24.9 Å². The zero-order valence-electron chi connectivity index (χ0n) is 10.2. The molecule has 2 heterocycles. The van der Waals surface area contributed by atoms with Crippen molar-refractivity contribution in [2.75, 3.05) is 11.9 Å². The van der Waals surface area contributed by atoms with Gasteiger partial charge in [-0.2, -0.15) is 5.10 Å². The molecule has 0 aliphatic rings. The van der Waals surface area contributed by atoms with Gasteiger partial charge in [0.05, 0.1) is 18.7 Å². The van der Waals surface area contributed by atoms with Gasteiger partial charge in [-0.15, -0.1) is 5.10 Å². The van der Waals surface area contributed by atoms with Crippen molar-refractivity contribution in [3.63, 3.8) is 0 Å².